The number of fused-ring (bicyclic) bond motifs is 1. The molecule has 0 amide bonds. The van der Waals surface area contributed by atoms with Crippen LogP contribution in [0.5, 0.6) is 0 Å². The second kappa shape index (κ2) is 7.79. The van der Waals surface area contributed by atoms with Crippen LogP contribution in [0.3, 0.4) is 0 Å². The van der Waals surface area contributed by atoms with Gasteiger partial charge in [0.25, 0.3) is 0 Å². The molecular formula is C30H31NO2S. The van der Waals surface area contributed by atoms with E-state index in [1.807, 2.05) is 30.3 Å². The molecule has 0 saturated carbocycles. The fraction of sp³-hybridized carbons (Fsp3) is 0.400. The highest BCUT2D eigenvalue weighted by Gasteiger charge is 2.64. The average Bonchev–Trinajstić information content (AvgIpc) is 2.89. The van der Waals surface area contributed by atoms with Crippen LogP contribution in [0.25, 0.3) is 0 Å². The summed E-state index contributed by atoms with van der Waals surface area (Å²) in [6, 6.07) is 27.7. The quantitative estimate of drug-likeness (QED) is 0.496. The van der Waals surface area contributed by atoms with Gasteiger partial charge in [0.05, 0.1) is 5.25 Å². The van der Waals surface area contributed by atoms with E-state index in [-0.39, 0.29) is 23.1 Å². The van der Waals surface area contributed by atoms with E-state index in [4.69, 9.17) is 0 Å². The summed E-state index contributed by atoms with van der Waals surface area (Å²) in [7, 11) is -3.28. The Morgan fingerprint density at radius 2 is 1.24 bits per heavy atom. The minimum Gasteiger partial charge on any atom is -0.297 e. The maximum atomic E-state index is 14.2. The Balaban J connectivity index is 1.36. The standard InChI is InChI=1S/C30H31NO2S/c32-34(33)29(20-11-3-1-4-12-20)28(31-17-9-2-10-18-31)30(34)26-19-25-21-13-5-7-15-23(21)27(26)24-16-8-6-14-22(24)25/h1,3-8,11-16,25-30H,2,9-10,17-19H2/t25?,26-,27?,28-,29-,30+/m0/s1. The van der Waals surface area contributed by atoms with Crippen molar-refractivity contribution >= 4 is 9.84 Å². The molecule has 4 heteroatoms. The highest BCUT2D eigenvalue weighted by Crippen LogP contribution is 2.61. The second-order valence-corrected chi connectivity index (χ2v) is 12.9. The molecule has 0 aromatic heterocycles. The number of hydrogen-bond donors (Lipinski definition) is 0. The van der Waals surface area contributed by atoms with Crippen LogP contribution in [0.1, 0.15) is 70.6 Å². The molecule has 3 aromatic carbocycles. The Morgan fingerprint density at radius 3 is 1.85 bits per heavy atom. The monoisotopic (exact) mass is 469 g/mol. The van der Waals surface area contributed by atoms with Gasteiger partial charge in [0.2, 0.25) is 0 Å². The van der Waals surface area contributed by atoms with Gasteiger partial charge in [0.15, 0.2) is 9.84 Å². The molecule has 3 aromatic rings. The van der Waals surface area contributed by atoms with E-state index >= 15 is 0 Å². The maximum Gasteiger partial charge on any atom is 0.163 e. The fourth-order valence-electron chi connectivity index (χ4n) is 7.79. The largest absolute Gasteiger partial charge is 0.297 e. The Labute approximate surface area is 202 Å². The fourth-order valence-corrected chi connectivity index (χ4v) is 10.6. The number of piperidine rings is 1. The van der Waals surface area contributed by atoms with Gasteiger partial charge >= 0.3 is 0 Å². The van der Waals surface area contributed by atoms with Crippen molar-refractivity contribution in [1.29, 1.82) is 0 Å². The van der Waals surface area contributed by atoms with Crippen LogP contribution < -0.4 is 0 Å². The van der Waals surface area contributed by atoms with Gasteiger partial charge in [0, 0.05) is 17.9 Å². The molecule has 4 atom stereocenters. The van der Waals surface area contributed by atoms with Crippen molar-refractivity contribution < 1.29 is 8.42 Å². The van der Waals surface area contributed by atoms with Gasteiger partial charge in [-0.05, 0) is 66.1 Å². The van der Waals surface area contributed by atoms with Crippen molar-refractivity contribution in [2.45, 2.75) is 54.1 Å². The molecule has 5 aliphatic rings. The van der Waals surface area contributed by atoms with E-state index < -0.39 is 15.1 Å². The van der Waals surface area contributed by atoms with Crippen molar-refractivity contribution in [3.8, 4) is 0 Å². The first-order chi connectivity index (χ1) is 16.7. The molecule has 34 heavy (non-hydrogen) atoms. The van der Waals surface area contributed by atoms with Crippen LogP contribution in [0.2, 0.25) is 0 Å². The first-order valence-corrected chi connectivity index (χ1v) is 14.5. The van der Waals surface area contributed by atoms with Gasteiger partial charge < -0.3 is 0 Å². The lowest BCUT2D eigenvalue weighted by atomic mass is 9.57. The summed E-state index contributed by atoms with van der Waals surface area (Å²) >= 11 is 0. The maximum absolute atomic E-state index is 14.2. The number of rotatable bonds is 3. The van der Waals surface area contributed by atoms with E-state index in [0.717, 1.165) is 25.1 Å². The van der Waals surface area contributed by atoms with Gasteiger partial charge in [-0.25, -0.2) is 8.42 Å². The predicted molar refractivity (Wildman–Crippen MR) is 136 cm³/mol. The minimum absolute atomic E-state index is 0.0800. The summed E-state index contributed by atoms with van der Waals surface area (Å²) in [5, 5.41) is -0.701. The van der Waals surface area contributed by atoms with E-state index in [1.165, 1.54) is 41.5 Å². The van der Waals surface area contributed by atoms with E-state index in [2.05, 4.69) is 53.4 Å². The zero-order valence-electron chi connectivity index (χ0n) is 19.4. The van der Waals surface area contributed by atoms with Crippen molar-refractivity contribution in [1.82, 2.24) is 4.90 Å². The smallest absolute Gasteiger partial charge is 0.163 e. The average molecular weight is 470 g/mol. The molecule has 174 valence electrons. The third-order valence-electron chi connectivity index (χ3n) is 9.09. The molecule has 0 unspecified atom stereocenters. The Bertz CT molecular complexity index is 1280. The lowest BCUT2D eigenvalue weighted by molar-refractivity contribution is 0.109. The highest BCUT2D eigenvalue weighted by molar-refractivity contribution is 7.93. The van der Waals surface area contributed by atoms with Crippen LogP contribution in [-0.4, -0.2) is 37.7 Å². The summed E-state index contributed by atoms with van der Waals surface area (Å²) in [5.41, 5.74) is 6.51. The number of nitrogens with zero attached hydrogens (tertiary/aromatic N) is 1. The van der Waals surface area contributed by atoms with Crippen LogP contribution >= 0.6 is 0 Å². The van der Waals surface area contributed by atoms with Gasteiger partial charge in [-0.3, -0.25) is 4.90 Å². The van der Waals surface area contributed by atoms with Crippen LogP contribution in [0.15, 0.2) is 78.9 Å². The first-order valence-electron chi connectivity index (χ1n) is 12.9. The second-order valence-electron chi connectivity index (χ2n) is 10.7. The SMILES string of the molecule is O=S1(=O)[C@H]([C@H]2CC3c4ccccc4C2c2ccccc23)[C@@H](N2CCCCC2)[C@@H]1c1ccccc1. The highest BCUT2D eigenvalue weighted by atomic mass is 32.2. The number of hydrogen-bond acceptors (Lipinski definition) is 3. The summed E-state index contributed by atoms with van der Waals surface area (Å²) in [6.45, 7) is 2.04. The van der Waals surface area contributed by atoms with E-state index in [0.29, 0.717) is 5.92 Å². The molecule has 2 bridgehead atoms. The zero-order chi connectivity index (χ0) is 22.9. The Kier molecular flexibility index (Phi) is 4.79. The molecule has 3 nitrogen and oxygen atoms in total. The third-order valence-corrected chi connectivity index (χ3v) is 11.7. The summed E-state index contributed by atoms with van der Waals surface area (Å²) < 4.78 is 28.4. The van der Waals surface area contributed by atoms with Crippen molar-refractivity contribution in [2.24, 2.45) is 5.92 Å². The third kappa shape index (κ3) is 2.88. The number of likely N-dealkylation sites (tertiary alicyclic amines) is 1. The molecule has 2 heterocycles. The lowest BCUT2D eigenvalue weighted by Crippen LogP contribution is -2.66. The zero-order valence-corrected chi connectivity index (χ0v) is 20.2. The summed E-state index contributed by atoms with van der Waals surface area (Å²) in [6.07, 6.45) is 4.54. The predicted octanol–water partition coefficient (Wildman–Crippen LogP) is 5.68. The summed E-state index contributed by atoms with van der Waals surface area (Å²) in [5.74, 6) is 0.600. The van der Waals surface area contributed by atoms with Gasteiger partial charge in [-0.1, -0.05) is 85.3 Å². The molecular weight excluding hydrogens is 438 g/mol. The molecule has 0 radical (unpaired) electrons. The molecule has 2 fully saturated rings. The van der Waals surface area contributed by atoms with Crippen LogP contribution in [-0.2, 0) is 9.84 Å². The number of sulfone groups is 1. The molecule has 2 saturated heterocycles. The number of benzene rings is 3. The molecule has 0 N–H and O–H groups in total. The van der Waals surface area contributed by atoms with Crippen molar-refractivity contribution in [3.05, 3.63) is 107 Å². The normalized spacial score (nSPS) is 33.5. The molecule has 0 spiro atoms. The van der Waals surface area contributed by atoms with Crippen LogP contribution in [0.4, 0.5) is 0 Å². The molecule has 3 aliphatic carbocycles. The minimum atomic E-state index is -3.28. The molecule has 8 rings (SSSR count). The van der Waals surface area contributed by atoms with Crippen LogP contribution in [0, 0.1) is 5.92 Å². The molecule has 2 aliphatic heterocycles. The topological polar surface area (TPSA) is 37.4 Å². The van der Waals surface area contributed by atoms with Crippen molar-refractivity contribution in [2.75, 3.05) is 13.1 Å². The lowest BCUT2D eigenvalue weighted by Gasteiger charge is -2.57. The van der Waals surface area contributed by atoms with Gasteiger partial charge in [-0.15, -0.1) is 0 Å². The van der Waals surface area contributed by atoms with E-state index in [9.17, 15) is 8.42 Å². The Morgan fingerprint density at radius 1 is 0.676 bits per heavy atom. The first kappa shape index (κ1) is 20.9. The van der Waals surface area contributed by atoms with Gasteiger partial charge in [0.1, 0.15) is 5.25 Å². The summed E-state index contributed by atoms with van der Waals surface area (Å²) in [4.78, 5) is 2.53. The Hall–Kier alpha value is -2.43. The van der Waals surface area contributed by atoms with Crippen molar-refractivity contribution in [3.63, 3.8) is 0 Å². The van der Waals surface area contributed by atoms with E-state index in [1.54, 1.807) is 0 Å². The van der Waals surface area contributed by atoms with Gasteiger partial charge in [-0.2, -0.15) is 0 Å².